The molecule has 0 radical (unpaired) electrons. The highest BCUT2D eigenvalue weighted by atomic mass is 32.1. The number of anilines is 1. The van der Waals surface area contributed by atoms with Gasteiger partial charge in [-0.25, -0.2) is 0 Å². The number of furan rings is 1. The van der Waals surface area contributed by atoms with Crippen LogP contribution in [-0.4, -0.2) is 15.7 Å². The summed E-state index contributed by atoms with van der Waals surface area (Å²) in [4.78, 5) is 11.9. The van der Waals surface area contributed by atoms with Gasteiger partial charge in [-0.3, -0.25) is 9.48 Å². The van der Waals surface area contributed by atoms with E-state index in [1.54, 1.807) is 12.1 Å². The molecule has 12 heteroatoms. The molecule has 3 rings (SSSR count). The number of hydrogen-bond donors (Lipinski definition) is 1. The minimum Gasteiger partial charge on any atom is -0.465 e. The summed E-state index contributed by atoms with van der Waals surface area (Å²) in [5.74, 6) is -0.0874. The molecule has 0 bridgehead atoms. The van der Waals surface area contributed by atoms with E-state index in [9.17, 15) is 31.1 Å². The molecule has 3 aromatic rings. The van der Waals surface area contributed by atoms with Crippen molar-refractivity contribution in [1.82, 2.24) is 9.78 Å². The van der Waals surface area contributed by atoms with E-state index in [0.29, 0.717) is 11.8 Å². The summed E-state index contributed by atoms with van der Waals surface area (Å²) in [6, 6.07) is 3.67. The van der Waals surface area contributed by atoms with Crippen LogP contribution in [0.25, 0.3) is 6.08 Å². The van der Waals surface area contributed by atoms with Gasteiger partial charge in [-0.05, 0) is 42.8 Å². The number of aromatic nitrogens is 2. The van der Waals surface area contributed by atoms with Gasteiger partial charge in [0.2, 0.25) is 5.91 Å². The number of carbonyl (C=O) groups excluding carboxylic acids is 1. The summed E-state index contributed by atoms with van der Waals surface area (Å²) in [6.07, 6.45) is -3.37. The molecule has 5 nitrogen and oxygen atoms in total. The van der Waals surface area contributed by atoms with Crippen molar-refractivity contribution in [2.75, 3.05) is 5.32 Å². The smallest absolute Gasteiger partial charge is 0.416 e. The van der Waals surface area contributed by atoms with Gasteiger partial charge >= 0.3 is 12.4 Å². The minimum atomic E-state index is -4.99. The fourth-order valence-electron chi connectivity index (χ4n) is 2.83. The van der Waals surface area contributed by atoms with Crippen LogP contribution in [0.2, 0.25) is 0 Å². The molecule has 0 fully saturated rings. The van der Waals surface area contributed by atoms with E-state index in [-0.39, 0.29) is 30.8 Å². The van der Waals surface area contributed by atoms with Gasteiger partial charge in [0.05, 0.1) is 35.3 Å². The van der Waals surface area contributed by atoms with Crippen LogP contribution in [0, 0.1) is 0 Å². The number of alkyl halides is 6. The lowest BCUT2D eigenvalue weighted by Gasteiger charge is -2.20. The zero-order chi connectivity index (χ0) is 22.8. The van der Waals surface area contributed by atoms with E-state index < -0.39 is 35.4 Å². The lowest BCUT2D eigenvalue weighted by Crippen LogP contribution is -2.17. The van der Waals surface area contributed by atoms with E-state index in [4.69, 9.17) is 4.42 Å². The Hall–Kier alpha value is -3.15. The van der Waals surface area contributed by atoms with Gasteiger partial charge in [0.15, 0.2) is 0 Å². The third kappa shape index (κ3) is 5.96. The van der Waals surface area contributed by atoms with Gasteiger partial charge in [-0.2, -0.15) is 44.9 Å². The van der Waals surface area contributed by atoms with Crippen molar-refractivity contribution in [3.8, 4) is 0 Å². The third-order valence-corrected chi connectivity index (χ3v) is 4.34. The largest absolute Gasteiger partial charge is 0.465 e. The SMILES string of the molecule is C[C@@H](c1ccc(C(F)(F)F)cc1C(F)(F)F)n1cc(NC(=O)/C=C/c2ccco2)cn1.S. The normalized spacial score (nSPS) is 13.1. The molecular weight excluding hydrogens is 460 g/mol. The summed E-state index contributed by atoms with van der Waals surface area (Å²) in [5.41, 5.74) is -2.99. The Morgan fingerprint density at radius 3 is 2.47 bits per heavy atom. The molecule has 0 unspecified atom stereocenters. The molecule has 1 atom stereocenters. The van der Waals surface area contributed by atoms with Crippen LogP contribution in [0.15, 0.2) is 59.5 Å². The second-order valence-corrected chi connectivity index (χ2v) is 6.52. The standard InChI is InChI=1S/C20H15F6N3O2.H2S/c1-12(16-6-4-13(19(21,22)23)9-17(16)20(24,25)26)29-11-14(10-27-29)28-18(30)7-5-15-3-2-8-31-15;/h2-12H,1H3,(H,28,30);1H2/b7-5+;/t12-;/m0./s1. The van der Waals surface area contributed by atoms with E-state index in [0.717, 1.165) is 10.7 Å². The van der Waals surface area contributed by atoms with Crippen LogP contribution >= 0.6 is 13.5 Å². The molecule has 172 valence electrons. The summed E-state index contributed by atoms with van der Waals surface area (Å²) in [5, 5.41) is 6.40. The minimum absolute atomic E-state index is 0. The number of nitrogens with one attached hydrogen (secondary N) is 1. The van der Waals surface area contributed by atoms with Crippen LogP contribution in [0.3, 0.4) is 0 Å². The third-order valence-electron chi connectivity index (χ3n) is 4.34. The van der Waals surface area contributed by atoms with E-state index in [2.05, 4.69) is 10.4 Å². The molecular formula is C20H17F6N3O2S. The highest BCUT2D eigenvalue weighted by molar-refractivity contribution is 7.59. The maximum Gasteiger partial charge on any atom is 0.416 e. The molecule has 32 heavy (non-hydrogen) atoms. The fraction of sp³-hybridized carbons (Fsp3) is 0.200. The maximum atomic E-state index is 13.4. The first-order valence-electron chi connectivity index (χ1n) is 8.80. The molecule has 0 spiro atoms. The van der Waals surface area contributed by atoms with Gasteiger partial charge in [0, 0.05) is 12.3 Å². The monoisotopic (exact) mass is 477 g/mol. The van der Waals surface area contributed by atoms with Gasteiger partial charge < -0.3 is 9.73 Å². The first-order chi connectivity index (χ1) is 14.4. The summed E-state index contributed by atoms with van der Waals surface area (Å²) < 4.78 is 84.9. The molecule has 0 aliphatic heterocycles. The number of amides is 1. The number of nitrogens with zero attached hydrogens (tertiary/aromatic N) is 2. The first-order valence-corrected chi connectivity index (χ1v) is 8.80. The number of hydrogen-bond acceptors (Lipinski definition) is 3. The van der Waals surface area contributed by atoms with E-state index >= 15 is 0 Å². The van der Waals surface area contributed by atoms with Crippen molar-refractivity contribution in [2.24, 2.45) is 0 Å². The highest BCUT2D eigenvalue weighted by Gasteiger charge is 2.39. The molecule has 2 heterocycles. The van der Waals surface area contributed by atoms with Gasteiger partial charge in [0.1, 0.15) is 5.76 Å². The van der Waals surface area contributed by atoms with Crippen LogP contribution in [0.4, 0.5) is 32.0 Å². The van der Waals surface area contributed by atoms with Crippen molar-refractivity contribution >= 4 is 31.2 Å². The fourth-order valence-corrected chi connectivity index (χ4v) is 2.83. The number of carbonyl (C=O) groups is 1. The van der Waals surface area contributed by atoms with Crippen molar-refractivity contribution in [3.05, 3.63) is 77.5 Å². The summed E-state index contributed by atoms with van der Waals surface area (Å²) in [7, 11) is 0. The van der Waals surface area contributed by atoms with Gasteiger partial charge in [-0.1, -0.05) is 6.07 Å². The molecule has 0 aliphatic carbocycles. The number of benzene rings is 1. The lowest BCUT2D eigenvalue weighted by atomic mass is 9.98. The average molecular weight is 477 g/mol. The highest BCUT2D eigenvalue weighted by Crippen LogP contribution is 2.39. The van der Waals surface area contributed by atoms with Crippen LogP contribution < -0.4 is 5.32 Å². The predicted molar refractivity (Wildman–Crippen MR) is 109 cm³/mol. The average Bonchev–Trinajstić information content (AvgIpc) is 3.36. The topological polar surface area (TPSA) is 60.1 Å². The molecule has 0 aliphatic rings. The quantitative estimate of drug-likeness (QED) is 0.368. The van der Waals surface area contributed by atoms with Crippen molar-refractivity contribution in [3.63, 3.8) is 0 Å². The van der Waals surface area contributed by atoms with Crippen molar-refractivity contribution in [1.29, 1.82) is 0 Å². The molecule has 2 aromatic heterocycles. The Bertz CT molecular complexity index is 1090. The summed E-state index contributed by atoms with van der Waals surface area (Å²) >= 11 is 0. The first kappa shape index (κ1) is 25.1. The maximum absolute atomic E-state index is 13.4. The van der Waals surface area contributed by atoms with Gasteiger partial charge in [-0.15, -0.1) is 0 Å². The number of rotatable bonds is 5. The molecule has 0 saturated carbocycles. The summed E-state index contributed by atoms with van der Waals surface area (Å²) in [6.45, 7) is 1.35. The molecule has 1 amide bonds. The predicted octanol–water partition coefficient (Wildman–Crippen LogP) is 5.89. The zero-order valence-corrected chi connectivity index (χ0v) is 17.3. The van der Waals surface area contributed by atoms with Crippen LogP contribution in [0.1, 0.15) is 35.4 Å². The Labute approximate surface area is 185 Å². The lowest BCUT2D eigenvalue weighted by molar-refractivity contribution is -0.143. The molecule has 0 saturated heterocycles. The Balaban J connectivity index is 0.00000363. The Morgan fingerprint density at radius 2 is 1.88 bits per heavy atom. The second kappa shape index (κ2) is 9.55. The van der Waals surface area contributed by atoms with E-state index in [1.807, 2.05) is 0 Å². The zero-order valence-electron chi connectivity index (χ0n) is 16.3. The molecule has 1 aromatic carbocycles. The Morgan fingerprint density at radius 1 is 1.16 bits per heavy atom. The van der Waals surface area contributed by atoms with Crippen molar-refractivity contribution in [2.45, 2.75) is 25.3 Å². The Kier molecular flexibility index (Phi) is 7.50. The van der Waals surface area contributed by atoms with Crippen LogP contribution in [0.5, 0.6) is 0 Å². The molecule has 1 N–H and O–H groups in total. The van der Waals surface area contributed by atoms with Crippen LogP contribution in [-0.2, 0) is 17.1 Å². The van der Waals surface area contributed by atoms with E-state index in [1.165, 1.54) is 37.7 Å². The van der Waals surface area contributed by atoms with Crippen molar-refractivity contribution < 1.29 is 35.6 Å². The second-order valence-electron chi connectivity index (χ2n) is 6.52. The van der Waals surface area contributed by atoms with Gasteiger partial charge in [0.25, 0.3) is 0 Å². The number of halogens is 6.